The summed E-state index contributed by atoms with van der Waals surface area (Å²) in [7, 11) is 1.29. The number of allylic oxidation sites excluding steroid dienone is 4. The molecule has 0 spiro atoms. The van der Waals surface area contributed by atoms with Crippen LogP contribution < -0.4 is 10.6 Å². The number of fused-ring (bicyclic) bond motifs is 7. The fraction of sp³-hybridized carbons (Fsp3) is 0.0769. The number of benzene rings is 2. The fourth-order valence-electron chi connectivity index (χ4n) is 4.49. The van der Waals surface area contributed by atoms with Gasteiger partial charge in [0.1, 0.15) is 0 Å². The molecule has 6 rings (SSSR count). The van der Waals surface area contributed by atoms with E-state index >= 15 is 0 Å². The largest absolute Gasteiger partial charge is 0.252 e. The highest BCUT2D eigenvalue weighted by Crippen LogP contribution is 2.45. The van der Waals surface area contributed by atoms with E-state index in [0.717, 1.165) is 11.8 Å². The van der Waals surface area contributed by atoms with Crippen LogP contribution in [0.3, 0.4) is 0 Å². The summed E-state index contributed by atoms with van der Waals surface area (Å²) in [4.78, 5) is 5.17. The van der Waals surface area contributed by atoms with Gasteiger partial charge in [0.15, 0.2) is 0 Å². The molecule has 4 aliphatic rings. The van der Waals surface area contributed by atoms with Crippen molar-refractivity contribution in [3.63, 3.8) is 0 Å². The molecular weight excluding hydrogens is 357 g/mol. The predicted molar refractivity (Wildman–Crippen MR) is 119 cm³/mol. The highest BCUT2D eigenvalue weighted by atomic mass is 31.0. The average Bonchev–Trinajstić information content (AvgIpc) is 3.07. The van der Waals surface area contributed by atoms with Crippen molar-refractivity contribution in [1.82, 2.24) is 4.98 Å². The van der Waals surface area contributed by atoms with E-state index in [9.17, 15) is 0 Å². The summed E-state index contributed by atoms with van der Waals surface area (Å²) in [5.41, 5.74) is 5.26. The third-order valence-corrected chi connectivity index (χ3v) is 7.07. The van der Waals surface area contributed by atoms with E-state index in [0.29, 0.717) is 0 Å². The zero-order valence-corrected chi connectivity index (χ0v) is 16.2. The Labute approximate surface area is 165 Å². The van der Waals surface area contributed by atoms with E-state index < -0.39 is 0 Å². The number of rotatable bonds is 1. The van der Waals surface area contributed by atoms with Gasteiger partial charge < -0.3 is 0 Å². The van der Waals surface area contributed by atoms with Gasteiger partial charge in [0.25, 0.3) is 0 Å². The minimum Gasteiger partial charge on any atom is -0.252 e. The van der Waals surface area contributed by atoms with Crippen LogP contribution in [0.5, 0.6) is 0 Å². The summed E-state index contributed by atoms with van der Waals surface area (Å²) >= 11 is 0. The minimum absolute atomic E-state index is 0.227. The Kier molecular flexibility index (Phi) is 3.57. The number of hydrogen-bond acceptors (Lipinski definition) is 1. The van der Waals surface area contributed by atoms with Crippen LogP contribution in [0, 0.1) is 0 Å². The molecule has 0 saturated carbocycles. The molecular formula is C26H18NP. The molecule has 28 heavy (non-hydrogen) atoms. The number of nitrogens with zero attached hydrogens (tertiary/aromatic N) is 1. The van der Waals surface area contributed by atoms with E-state index in [1.54, 1.807) is 0 Å². The Hall–Kier alpha value is -3.02. The molecule has 0 N–H and O–H groups in total. The highest BCUT2D eigenvalue weighted by molar-refractivity contribution is 7.41. The van der Waals surface area contributed by atoms with Gasteiger partial charge in [-0.05, 0) is 28.7 Å². The van der Waals surface area contributed by atoms with Crippen molar-refractivity contribution in [2.45, 2.75) is 12.3 Å². The normalized spacial score (nSPS) is 17.4. The van der Waals surface area contributed by atoms with Gasteiger partial charge in [0.2, 0.25) is 0 Å². The molecule has 0 fully saturated rings. The second-order valence-electron chi connectivity index (χ2n) is 7.36. The first kappa shape index (κ1) is 16.0. The molecule has 0 bridgehead atoms. The fourth-order valence-corrected chi connectivity index (χ4v) is 5.88. The van der Waals surface area contributed by atoms with Gasteiger partial charge in [-0.2, -0.15) is 0 Å². The quantitative estimate of drug-likeness (QED) is 0.440. The van der Waals surface area contributed by atoms with Gasteiger partial charge in [-0.3, -0.25) is 4.98 Å². The Bertz CT molecular complexity index is 1380. The van der Waals surface area contributed by atoms with Crippen LogP contribution in [0.1, 0.15) is 22.7 Å². The Morgan fingerprint density at radius 3 is 2.68 bits per heavy atom. The van der Waals surface area contributed by atoms with Gasteiger partial charge in [0.05, 0.1) is 11.0 Å². The molecule has 2 heterocycles. The molecule has 2 heteroatoms. The van der Waals surface area contributed by atoms with Gasteiger partial charge in [-0.25, -0.2) is 0 Å². The monoisotopic (exact) mass is 375 g/mol. The molecule has 2 aliphatic heterocycles. The number of hydrogen-bond donors (Lipinski definition) is 0. The average molecular weight is 375 g/mol. The summed E-state index contributed by atoms with van der Waals surface area (Å²) in [6.07, 6.45) is 14.2. The van der Waals surface area contributed by atoms with E-state index in [-0.39, 0.29) is 5.92 Å². The molecule has 1 nitrogen and oxygen atoms in total. The topological polar surface area (TPSA) is 12.9 Å². The van der Waals surface area contributed by atoms with Gasteiger partial charge in [0, 0.05) is 33.5 Å². The van der Waals surface area contributed by atoms with Crippen LogP contribution in [-0.4, -0.2) is 4.98 Å². The van der Waals surface area contributed by atoms with Crippen LogP contribution in [0.4, 0.5) is 0 Å². The lowest BCUT2D eigenvalue weighted by molar-refractivity contribution is 0.976. The van der Waals surface area contributed by atoms with Crippen molar-refractivity contribution >= 4 is 30.8 Å². The van der Waals surface area contributed by atoms with Crippen LogP contribution in [0.25, 0.3) is 33.5 Å². The highest BCUT2D eigenvalue weighted by Gasteiger charge is 2.25. The molecule has 2 aliphatic carbocycles. The molecule has 1 atom stereocenters. The lowest BCUT2D eigenvalue weighted by atomic mass is 9.85. The summed E-state index contributed by atoms with van der Waals surface area (Å²) < 4.78 is 0. The molecule has 2 aromatic rings. The molecule has 2 aromatic carbocycles. The first-order chi connectivity index (χ1) is 13.9. The molecule has 0 saturated heterocycles. The standard InChI is InChI=1S/C26H18NP/c1-2-9-17(10-3-1)18-13-8-15-22-24(18)25-20-12-5-7-16-23(20)28-26(25)19-11-4-6-14-21(19)27-22/h1-13,15-16,18H,14H2. The smallest absolute Gasteiger partial charge is 0.0681 e. The lowest BCUT2D eigenvalue weighted by Gasteiger charge is -2.18. The molecule has 132 valence electrons. The maximum Gasteiger partial charge on any atom is 0.0681 e. The summed E-state index contributed by atoms with van der Waals surface area (Å²) in [6.45, 7) is 0. The van der Waals surface area contributed by atoms with Gasteiger partial charge >= 0.3 is 0 Å². The van der Waals surface area contributed by atoms with Crippen molar-refractivity contribution < 1.29 is 0 Å². The van der Waals surface area contributed by atoms with E-state index in [2.05, 4.69) is 91.1 Å². The SMILES string of the molecule is C1=CCc2nc3c(c4c5ccccc5pc-4c2=C1)C(c1ccccc1)C=CC=3. The predicted octanol–water partition coefficient (Wildman–Crippen LogP) is 5.29. The van der Waals surface area contributed by atoms with Crippen LogP contribution in [-0.2, 0) is 6.42 Å². The van der Waals surface area contributed by atoms with Crippen LogP contribution in [0.2, 0.25) is 0 Å². The Balaban J connectivity index is 1.82. The van der Waals surface area contributed by atoms with Crippen LogP contribution in [0.15, 0.2) is 78.9 Å². The Morgan fingerprint density at radius 1 is 0.893 bits per heavy atom. The Morgan fingerprint density at radius 2 is 1.75 bits per heavy atom. The second-order valence-corrected chi connectivity index (χ2v) is 8.52. The minimum atomic E-state index is 0.227. The summed E-state index contributed by atoms with van der Waals surface area (Å²) in [5, 5.41) is 6.61. The van der Waals surface area contributed by atoms with Crippen molar-refractivity contribution in [2.75, 3.05) is 0 Å². The van der Waals surface area contributed by atoms with Crippen molar-refractivity contribution in [3.8, 4) is 10.9 Å². The maximum absolute atomic E-state index is 5.17. The third kappa shape index (κ3) is 2.33. The van der Waals surface area contributed by atoms with Crippen molar-refractivity contribution in [1.29, 1.82) is 0 Å². The molecule has 0 aromatic heterocycles. The first-order valence-corrected chi connectivity index (χ1v) is 10.6. The molecule has 0 amide bonds. The third-order valence-electron chi connectivity index (χ3n) is 5.75. The maximum atomic E-state index is 5.17. The summed E-state index contributed by atoms with van der Waals surface area (Å²) in [6, 6.07) is 19.7. The van der Waals surface area contributed by atoms with Gasteiger partial charge in [-0.1, -0.05) is 87.1 Å². The van der Waals surface area contributed by atoms with E-state index in [1.165, 1.54) is 51.6 Å². The van der Waals surface area contributed by atoms with Crippen molar-refractivity contribution in [3.05, 3.63) is 106 Å². The zero-order chi connectivity index (χ0) is 18.5. The second kappa shape index (κ2) is 6.26. The first-order valence-electron chi connectivity index (χ1n) is 9.72. The van der Waals surface area contributed by atoms with Crippen molar-refractivity contribution in [2.24, 2.45) is 0 Å². The van der Waals surface area contributed by atoms with Gasteiger partial charge in [-0.15, -0.1) is 0 Å². The molecule has 1 unspecified atom stereocenters. The lowest BCUT2D eigenvalue weighted by Crippen LogP contribution is -2.20. The molecule has 0 radical (unpaired) electrons. The summed E-state index contributed by atoms with van der Waals surface area (Å²) in [5.74, 6) is 0.227. The van der Waals surface area contributed by atoms with Crippen LogP contribution >= 0.6 is 8.19 Å². The zero-order valence-electron chi connectivity index (χ0n) is 15.3. The van der Waals surface area contributed by atoms with E-state index in [4.69, 9.17) is 4.98 Å². The van der Waals surface area contributed by atoms with E-state index in [1.807, 2.05) is 0 Å². The number of aromatic nitrogens is 1.